The molecule has 2 aliphatic heterocycles. The van der Waals surface area contributed by atoms with Gasteiger partial charge >= 0.3 is 6.09 Å². The second-order valence-electron chi connectivity index (χ2n) is 9.42. The van der Waals surface area contributed by atoms with Gasteiger partial charge in [-0.25, -0.2) is 4.79 Å². The number of fused-ring (bicyclic) bond motifs is 5. The van der Waals surface area contributed by atoms with Crippen LogP contribution in [0.5, 0.6) is 0 Å². The number of aromatic nitrogens is 1. The van der Waals surface area contributed by atoms with Crippen LogP contribution in [0.3, 0.4) is 0 Å². The Balaban J connectivity index is 1.22. The molecular weight excluding hydrogens is 408 g/mol. The van der Waals surface area contributed by atoms with Crippen molar-refractivity contribution in [3.8, 4) is 11.1 Å². The lowest BCUT2D eigenvalue weighted by Gasteiger charge is -2.44. The van der Waals surface area contributed by atoms with Crippen LogP contribution in [0.2, 0.25) is 0 Å². The van der Waals surface area contributed by atoms with Crippen molar-refractivity contribution in [3.05, 3.63) is 95.3 Å². The third-order valence-electron chi connectivity index (χ3n) is 7.40. The number of hydrogen-bond acceptors (Lipinski definition) is 3. The maximum atomic E-state index is 13.3. The predicted molar refractivity (Wildman–Crippen MR) is 130 cm³/mol. The van der Waals surface area contributed by atoms with E-state index >= 15 is 0 Å². The Labute approximate surface area is 194 Å². The lowest BCUT2D eigenvalue weighted by molar-refractivity contribution is 0.0538. The van der Waals surface area contributed by atoms with Gasteiger partial charge in [0, 0.05) is 17.7 Å². The minimum absolute atomic E-state index is 0.0884. The van der Waals surface area contributed by atoms with E-state index in [9.17, 15) is 4.79 Å². The van der Waals surface area contributed by atoms with Gasteiger partial charge in [0.2, 0.25) is 0 Å². The maximum absolute atomic E-state index is 13.3. The molecule has 1 saturated heterocycles. The van der Waals surface area contributed by atoms with Crippen molar-refractivity contribution in [2.24, 2.45) is 0 Å². The van der Waals surface area contributed by atoms with Crippen LogP contribution in [0.1, 0.15) is 54.1 Å². The Morgan fingerprint density at radius 2 is 1.70 bits per heavy atom. The number of amides is 1. The van der Waals surface area contributed by atoms with Gasteiger partial charge in [0.05, 0.1) is 11.7 Å². The van der Waals surface area contributed by atoms with E-state index in [4.69, 9.17) is 9.72 Å². The van der Waals surface area contributed by atoms with Crippen LogP contribution in [-0.4, -0.2) is 34.7 Å². The zero-order valence-corrected chi connectivity index (χ0v) is 18.9. The molecule has 6 rings (SSSR count). The average Bonchev–Trinajstić information content (AvgIpc) is 3.15. The van der Waals surface area contributed by atoms with Gasteiger partial charge in [0.1, 0.15) is 6.61 Å². The molecule has 4 heteroatoms. The number of nitrogens with zero attached hydrogens (tertiary/aromatic N) is 2. The molecule has 2 aromatic carbocycles. The van der Waals surface area contributed by atoms with E-state index in [1.54, 1.807) is 0 Å². The number of rotatable bonds is 3. The Hall–Kier alpha value is -3.40. The Morgan fingerprint density at radius 1 is 0.970 bits per heavy atom. The first-order valence-electron chi connectivity index (χ1n) is 12.0. The molecular formula is C29H28N2O2. The fourth-order valence-corrected chi connectivity index (χ4v) is 5.89. The normalized spacial score (nSPS) is 21.2. The van der Waals surface area contributed by atoms with Crippen molar-refractivity contribution in [3.63, 3.8) is 0 Å². The van der Waals surface area contributed by atoms with E-state index in [0.717, 1.165) is 37.1 Å². The minimum atomic E-state index is -0.181. The van der Waals surface area contributed by atoms with Crippen LogP contribution in [0.15, 0.2) is 72.8 Å². The largest absolute Gasteiger partial charge is 0.448 e. The first-order chi connectivity index (χ1) is 16.2. The maximum Gasteiger partial charge on any atom is 0.410 e. The lowest BCUT2D eigenvalue weighted by Crippen LogP contribution is -2.52. The molecule has 1 aliphatic carbocycles. The summed E-state index contributed by atoms with van der Waals surface area (Å²) >= 11 is 0. The topological polar surface area (TPSA) is 42.4 Å². The molecule has 2 bridgehead atoms. The zero-order valence-electron chi connectivity index (χ0n) is 18.9. The fourth-order valence-electron chi connectivity index (χ4n) is 5.89. The molecule has 1 aromatic heterocycles. The molecule has 0 N–H and O–H groups in total. The fraction of sp³-hybridized carbons (Fsp3) is 0.310. The number of ether oxygens (including phenoxy) is 1. The highest BCUT2D eigenvalue weighted by Crippen LogP contribution is 2.45. The minimum Gasteiger partial charge on any atom is -0.448 e. The summed E-state index contributed by atoms with van der Waals surface area (Å²) in [5.74, 6) is 0.0913. The second kappa shape index (κ2) is 8.18. The summed E-state index contributed by atoms with van der Waals surface area (Å²) < 4.78 is 6.02. The van der Waals surface area contributed by atoms with Gasteiger partial charge in [0.15, 0.2) is 0 Å². The molecule has 166 valence electrons. The molecule has 3 aromatic rings. The number of hydrogen-bond donors (Lipinski definition) is 0. The van der Waals surface area contributed by atoms with E-state index < -0.39 is 0 Å². The molecule has 0 saturated carbocycles. The Morgan fingerprint density at radius 3 is 2.39 bits per heavy atom. The molecule has 3 aliphatic rings. The van der Waals surface area contributed by atoms with Crippen LogP contribution in [0.25, 0.3) is 16.7 Å². The number of aryl methyl sites for hydroxylation is 1. The highest BCUT2D eigenvalue weighted by molar-refractivity contribution is 5.79. The molecule has 2 atom stereocenters. The van der Waals surface area contributed by atoms with E-state index in [-0.39, 0.29) is 24.1 Å². The van der Waals surface area contributed by atoms with Crippen LogP contribution in [-0.2, 0) is 4.74 Å². The first kappa shape index (κ1) is 20.2. The molecule has 1 fully saturated rings. The summed E-state index contributed by atoms with van der Waals surface area (Å²) in [7, 11) is 0. The van der Waals surface area contributed by atoms with Crippen molar-refractivity contribution in [2.45, 2.75) is 50.6 Å². The van der Waals surface area contributed by atoms with E-state index in [1.165, 1.54) is 27.8 Å². The molecule has 0 radical (unpaired) electrons. The second-order valence-corrected chi connectivity index (χ2v) is 9.42. The van der Waals surface area contributed by atoms with Gasteiger partial charge < -0.3 is 4.74 Å². The van der Waals surface area contributed by atoms with Gasteiger partial charge in [-0.15, -0.1) is 0 Å². The number of benzene rings is 2. The molecule has 3 heterocycles. The summed E-state index contributed by atoms with van der Waals surface area (Å²) in [6, 6.07) is 23.4. The third-order valence-corrected chi connectivity index (χ3v) is 7.40. The standard InChI is InChI=1S/C29H28N2O2/c1-19-8-6-15-28(30-19)20-16-21-9-7-10-22(17-20)31(21)29(32)33-18-27-25-13-4-2-11-23(25)24-12-3-5-14-26(24)27/h2-6,8,11-16,21-22,27H,7,9-10,17-18H2,1H3. The molecule has 4 nitrogen and oxygen atoms in total. The third kappa shape index (κ3) is 3.54. The van der Waals surface area contributed by atoms with Crippen molar-refractivity contribution in [2.75, 3.05) is 6.61 Å². The summed E-state index contributed by atoms with van der Waals surface area (Å²) in [6.07, 6.45) is 6.06. The summed E-state index contributed by atoms with van der Waals surface area (Å²) in [6.45, 7) is 2.40. The smallest absolute Gasteiger partial charge is 0.410 e. The summed E-state index contributed by atoms with van der Waals surface area (Å²) in [5, 5.41) is 0. The SMILES string of the molecule is Cc1cccc(C2=CC3CCCC(C2)N3C(=O)OCC2c3ccccc3-c3ccccc32)n1. The van der Waals surface area contributed by atoms with Gasteiger partial charge in [-0.05, 0) is 72.6 Å². The number of pyridine rings is 1. The van der Waals surface area contributed by atoms with Crippen molar-refractivity contribution < 1.29 is 9.53 Å². The van der Waals surface area contributed by atoms with Crippen LogP contribution in [0.4, 0.5) is 4.79 Å². The van der Waals surface area contributed by atoms with Gasteiger partial charge in [-0.2, -0.15) is 0 Å². The van der Waals surface area contributed by atoms with Crippen molar-refractivity contribution in [1.82, 2.24) is 9.88 Å². The van der Waals surface area contributed by atoms with Crippen LogP contribution in [0, 0.1) is 6.92 Å². The highest BCUT2D eigenvalue weighted by Gasteiger charge is 2.39. The van der Waals surface area contributed by atoms with E-state index in [0.29, 0.717) is 6.61 Å². The van der Waals surface area contributed by atoms with Crippen LogP contribution >= 0.6 is 0 Å². The molecule has 1 amide bonds. The number of carbonyl (C=O) groups is 1. The summed E-state index contributed by atoms with van der Waals surface area (Å²) in [5.41, 5.74) is 8.33. The van der Waals surface area contributed by atoms with Gasteiger partial charge in [-0.1, -0.05) is 60.7 Å². The number of carbonyl (C=O) groups excluding carboxylic acids is 1. The number of piperidine rings is 1. The van der Waals surface area contributed by atoms with Crippen molar-refractivity contribution >= 4 is 11.7 Å². The highest BCUT2D eigenvalue weighted by atomic mass is 16.6. The zero-order chi connectivity index (χ0) is 22.4. The molecule has 0 spiro atoms. The van der Waals surface area contributed by atoms with Gasteiger partial charge in [-0.3, -0.25) is 9.88 Å². The Bertz CT molecular complexity index is 1200. The molecule has 2 unspecified atom stereocenters. The Kier molecular flexibility index (Phi) is 5.01. The lowest BCUT2D eigenvalue weighted by atomic mass is 9.84. The molecule has 33 heavy (non-hydrogen) atoms. The van der Waals surface area contributed by atoms with E-state index in [1.807, 2.05) is 17.9 Å². The monoisotopic (exact) mass is 436 g/mol. The predicted octanol–water partition coefficient (Wildman–Crippen LogP) is 6.35. The van der Waals surface area contributed by atoms with E-state index in [2.05, 4.69) is 66.7 Å². The van der Waals surface area contributed by atoms with Crippen molar-refractivity contribution in [1.29, 1.82) is 0 Å². The van der Waals surface area contributed by atoms with Gasteiger partial charge in [0.25, 0.3) is 0 Å². The van der Waals surface area contributed by atoms with Crippen LogP contribution < -0.4 is 0 Å². The average molecular weight is 437 g/mol. The quantitative estimate of drug-likeness (QED) is 0.480. The first-order valence-corrected chi connectivity index (χ1v) is 12.0. The summed E-state index contributed by atoms with van der Waals surface area (Å²) in [4.78, 5) is 20.1.